The number of halogens is 1. The number of ether oxygens (including phenoxy) is 1. The maximum atomic E-state index is 13.1. The largest absolute Gasteiger partial charge is 0.443 e. The smallest absolute Gasteiger partial charge is 0.349 e. The molecule has 0 saturated heterocycles. The highest BCUT2D eigenvalue weighted by Crippen LogP contribution is 2.31. The van der Waals surface area contributed by atoms with Gasteiger partial charge in [-0.3, -0.25) is 4.79 Å². The Morgan fingerprint density at radius 2 is 1.72 bits per heavy atom. The molecule has 0 aliphatic heterocycles. The van der Waals surface area contributed by atoms with E-state index in [0.29, 0.717) is 16.1 Å². The zero-order valence-corrected chi connectivity index (χ0v) is 16.5. The summed E-state index contributed by atoms with van der Waals surface area (Å²) in [7, 11) is 0. The van der Waals surface area contributed by atoms with Gasteiger partial charge in [0.15, 0.2) is 0 Å². The van der Waals surface area contributed by atoms with Crippen molar-refractivity contribution in [3.63, 3.8) is 0 Å². The van der Waals surface area contributed by atoms with Gasteiger partial charge in [-0.2, -0.15) is 0 Å². The van der Waals surface area contributed by atoms with E-state index in [9.17, 15) is 14.0 Å². The summed E-state index contributed by atoms with van der Waals surface area (Å²) in [5, 5.41) is 2.69. The highest BCUT2D eigenvalue weighted by molar-refractivity contribution is 7.14. The van der Waals surface area contributed by atoms with Crippen molar-refractivity contribution >= 4 is 28.9 Å². The minimum Gasteiger partial charge on any atom is -0.443 e. The molecule has 0 radical (unpaired) electrons. The molecule has 1 amide bonds. The summed E-state index contributed by atoms with van der Waals surface area (Å²) >= 11 is 1.45. The van der Waals surface area contributed by atoms with Gasteiger partial charge < -0.3 is 10.1 Å². The highest BCUT2D eigenvalue weighted by Gasteiger charge is 2.27. The van der Waals surface area contributed by atoms with Crippen molar-refractivity contribution in [1.29, 1.82) is 0 Å². The Hall–Kier alpha value is -2.99. The highest BCUT2D eigenvalue weighted by atomic mass is 32.1. The number of anilines is 1. The Kier molecular flexibility index (Phi) is 5.71. The van der Waals surface area contributed by atoms with Crippen molar-refractivity contribution < 1.29 is 18.7 Å². The van der Waals surface area contributed by atoms with Crippen LogP contribution in [0.2, 0.25) is 0 Å². The van der Waals surface area contributed by atoms with Gasteiger partial charge in [-0.25, -0.2) is 9.18 Å². The van der Waals surface area contributed by atoms with Crippen LogP contribution in [0, 0.1) is 5.82 Å². The second-order valence-corrected chi connectivity index (χ2v) is 8.10. The van der Waals surface area contributed by atoms with Crippen molar-refractivity contribution in [2.24, 2.45) is 0 Å². The Balaban J connectivity index is 1.55. The Morgan fingerprint density at radius 3 is 2.45 bits per heavy atom. The zero-order valence-electron chi connectivity index (χ0n) is 15.7. The standard InChI is InChI=1S/C23H20FNO3S/c24-17-10-12-18(13-11-17)25-22(26)21(15-6-2-1-3-7-15)28-23(27)20-14-16-8-4-5-9-19(16)29-20/h1-3,6-7,10-14,21H,4-5,8-9H2,(H,25,26)/t21-/m0/s1. The predicted molar refractivity (Wildman–Crippen MR) is 111 cm³/mol. The third-order valence-electron chi connectivity index (χ3n) is 4.87. The molecule has 148 valence electrons. The lowest BCUT2D eigenvalue weighted by Gasteiger charge is -2.17. The van der Waals surface area contributed by atoms with Crippen LogP contribution in [-0.2, 0) is 22.4 Å². The number of nitrogens with one attached hydrogen (secondary N) is 1. The van der Waals surface area contributed by atoms with Crippen LogP contribution >= 0.6 is 11.3 Å². The molecule has 1 aromatic heterocycles. The van der Waals surface area contributed by atoms with Gasteiger partial charge in [0.25, 0.3) is 5.91 Å². The number of carbonyl (C=O) groups excluding carboxylic acids is 2. The van der Waals surface area contributed by atoms with E-state index < -0.39 is 23.8 Å². The lowest BCUT2D eigenvalue weighted by atomic mass is 9.99. The fourth-order valence-corrected chi connectivity index (χ4v) is 4.53. The molecule has 0 saturated carbocycles. The molecule has 4 nitrogen and oxygen atoms in total. The van der Waals surface area contributed by atoms with Gasteiger partial charge in [-0.05, 0) is 61.6 Å². The molecule has 0 unspecified atom stereocenters. The van der Waals surface area contributed by atoms with E-state index >= 15 is 0 Å². The molecule has 4 rings (SSSR count). The second-order valence-electron chi connectivity index (χ2n) is 6.96. The van der Waals surface area contributed by atoms with Gasteiger partial charge in [0.05, 0.1) is 0 Å². The summed E-state index contributed by atoms with van der Waals surface area (Å²) in [6.07, 6.45) is 3.12. The van der Waals surface area contributed by atoms with Crippen molar-refractivity contribution in [2.75, 3.05) is 5.32 Å². The number of esters is 1. The summed E-state index contributed by atoms with van der Waals surface area (Å²) in [5.74, 6) is -1.39. The number of hydrogen-bond donors (Lipinski definition) is 1. The molecule has 0 spiro atoms. The number of aryl methyl sites for hydroxylation is 2. The van der Waals surface area contributed by atoms with Crippen LogP contribution in [0.25, 0.3) is 0 Å². The molecule has 1 N–H and O–H groups in total. The summed E-state index contributed by atoms with van der Waals surface area (Å²) < 4.78 is 18.8. The molecule has 6 heteroatoms. The van der Waals surface area contributed by atoms with Crippen molar-refractivity contribution in [3.05, 3.63) is 87.4 Å². The van der Waals surface area contributed by atoms with E-state index in [4.69, 9.17) is 4.74 Å². The number of hydrogen-bond acceptors (Lipinski definition) is 4. The average Bonchev–Trinajstić information content (AvgIpc) is 3.18. The minimum absolute atomic E-state index is 0.393. The number of benzene rings is 2. The Morgan fingerprint density at radius 1 is 1.00 bits per heavy atom. The van der Waals surface area contributed by atoms with E-state index in [1.54, 1.807) is 24.3 Å². The number of thiophene rings is 1. The molecular formula is C23H20FNO3S. The molecular weight excluding hydrogens is 389 g/mol. The first-order valence-corrected chi connectivity index (χ1v) is 10.4. The minimum atomic E-state index is -1.10. The quantitative estimate of drug-likeness (QED) is 0.582. The molecule has 2 aromatic carbocycles. The van der Waals surface area contributed by atoms with Crippen LogP contribution < -0.4 is 5.32 Å². The van der Waals surface area contributed by atoms with Gasteiger partial charge in [-0.15, -0.1) is 11.3 Å². The third-order valence-corrected chi connectivity index (χ3v) is 6.09. The van der Waals surface area contributed by atoms with E-state index in [-0.39, 0.29) is 0 Å². The topological polar surface area (TPSA) is 55.4 Å². The van der Waals surface area contributed by atoms with Crippen molar-refractivity contribution in [3.8, 4) is 0 Å². The Bertz CT molecular complexity index is 991. The third kappa shape index (κ3) is 4.54. The van der Waals surface area contributed by atoms with Crippen molar-refractivity contribution in [1.82, 2.24) is 0 Å². The summed E-state index contributed by atoms with van der Waals surface area (Å²) in [6, 6.07) is 16.2. The molecule has 1 atom stereocenters. The van der Waals surface area contributed by atoms with Gasteiger partial charge in [0, 0.05) is 16.1 Å². The maximum Gasteiger partial charge on any atom is 0.349 e. The SMILES string of the molecule is O=C(O[C@H](C(=O)Nc1ccc(F)cc1)c1ccccc1)c1cc2c(s1)CCCC2. The second kappa shape index (κ2) is 8.57. The van der Waals surface area contributed by atoms with Gasteiger partial charge >= 0.3 is 5.97 Å². The lowest BCUT2D eigenvalue weighted by Crippen LogP contribution is -2.25. The Labute approximate surface area is 172 Å². The van der Waals surface area contributed by atoms with Crippen LogP contribution in [0.3, 0.4) is 0 Å². The molecule has 1 aliphatic rings. The first kappa shape index (κ1) is 19.3. The molecule has 0 bridgehead atoms. The van der Waals surface area contributed by atoms with Gasteiger partial charge in [-0.1, -0.05) is 30.3 Å². The first-order chi connectivity index (χ1) is 14.1. The average molecular weight is 409 g/mol. The van der Waals surface area contributed by atoms with E-state index in [1.165, 1.54) is 46.0 Å². The summed E-state index contributed by atoms with van der Waals surface area (Å²) in [4.78, 5) is 27.4. The van der Waals surface area contributed by atoms with E-state index in [2.05, 4.69) is 5.32 Å². The zero-order chi connectivity index (χ0) is 20.2. The maximum absolute atomic E-state index is 13.1. The van der Waals surface area contributed by atoms with E-state index in [0.717, 1.165) is 25.7 Å². The lowest BCUT2D eigenvalue weighted by molar-refractivity contribution is -0.125. The summed E-state index contributed by atoms with van der Waals surface area (Å²) in [5.41, 5.74) is 2.21. The van der Waals surface area contributed by atoms with Crippen LogP contribution in [0.4, 0.5) is 10.1 Å². The number of carbonyl (C=O) groups is 2. The monoisotopic (exact) mass is 409 g/mol. The number of fused-ring (bicyclic) bond motifs is 1. The molecule has 1 heterocycles. The van der Waals surface area contributed by atoms with Crippen LogP contribution in [0.5, 0.6) is 0 Å². The normalized spacial score (nSPS) is 14.0. The molecule has 1 aliphatic carbocycles. The summed E-state index contributed by atoms with van der Waals surface area (Å²) in [6.45, 7) is 0. The van der Waals surface area contributed by atoms with Gasteiger partial charge in [0.1, 0.15) is 10.7 Å². The fourth-order valence-electron chi connectivity index (χ4n) is 3.40. The van der Waals surface area contributed by atoms with Crippen LogP contribution in [0.1, 0.15) is 44.6 Å². The van der Waals surface area contributed by atoms with Crippen LogP contribution in [-0.4, -0.2) is 11.9 Å². The number of amides is 1. The number of rotatable bonds is 5. The fraction of sp³-hybridized carbons (Fsp3) is 0.217. The van der Waals surface area contributed by atoms with E-state index in [1.807, 2.05) is 12.1 Å². The van der Waals surface area contributed by atoms with Crippen LogP contribution in [0.15, 0.2) is 60.7 Å². The predicted octanol–water partition coefficient (Wildman–Crippen LogP) is 5.30. The molecule has 3 aromatic rings. The molecule has 0 fully saturated rings. The first-order valence-electron chi connectivity index (χ1n) is 9.54. The van der Waals surface area contributed by atoms with Gasteiger partial charge in [0.2, 0.25) is 6.10 Å². The van der Waals surface area contributed by atoms with Crippen molar-refractivity contribution in [2.45, 2.75) is 31.8 Å². The molecule has 29 heavy (non-hydrogen) atoms.